The molecule has 0 N–H and O–H groups in total. The van der Waals surface area contributed by atoms with Crippen molar-refractivity contribution in [3.63, 3.8) is 0 Å². The van der Waals surface area contributed by atoms with Gasteiger partial charge in [0.25, 0.3) is 5.91 Å². The fourth-order valence-electron chi connectivity index (χ4n) is 4.34. The molecule has 0 saturated carbocycles. The fourth-order valence-corrected chi connectivity index (χ4v) is 4.79. The van der Waals surface area contributed by atoms with E-state index in [4.69, 9.17) is 9.97 Å². The summed E-state index contributed by atoms with van der Waals surface area (Å²) in [6.45, 7) is 9.49. The molecule has 2 heterocycles. The minimum Gasteiger partial charge on any atom is -0.354 e. The van der Waals surface area contributed by atoms with E-state index in [0.29, 0.717) is 18.0 Å². The van der Waals surface area contributed by atoms with Crippen LogP contribution in [-0.4, -0.2) is 47.0 Å². The minimum atomic E-state index is 0.0762. The Hall–Kier alpha value is -2.73. The zero-order valence-corrected chi connectivity index (χ0v) is 20.5. The van der Waals surface area contributed by atoms with Crippen molar-refractivity contribution in [2.45, 2.75) is 33.1 Å². The van der Waals surface area contributed by atoms with E-state index in [1.54, 1.807) is 0 Å². The Morgan fingerprint density at radius 1 is 0.938 bits per heavy atom. The number of aryl methyl sites for hydroxylation is 1. The van der Waals surface area contributed by atoms with Gasteiger partial charge in [-0.3, -0.25) is 4.79 Å². The van der Waals surface area contributed by atoms with Crippen LogP contribution in [0.1, 0.15) is 47.8 Å². The Labute approximate surface area is 198 Å². The second kappa shape index (κ2) is 9.82. The highest BCUT2D eigenvalue weighted by Crippen LogP contribution is 2.31. The summed E-state index contributed by atoms with van der Waals surface area (Å²) < 4.78 is 0.840. The lowest BCUT2D eigenvalue weighted by Gasteiger charge is -2.27. The molecule has 166 valence electrons. The largest absolute Gasteiger partial charge is 0.354 e. The van der Waals surface area contributed by atoms with Gasteiger partial charge >= 0.3 is 0 Å². The number of amides is 1. The highest BCUT2D eigenvalue weighted by molar-refractivity contribution is 9.10. The SMILES string of the molecule is Cc1nc(-c2ccccc2)nc(N2CCCN(C(=O)c3ccccc3Br)CC2)c1C(C)C. The topological polar surface area (TPSA) is 49.3 Å². The summed E-state index contributed by atoms with van der Waals surface area (Å²) in [5.74, 6) is 2.15. The van der Waals surface area contributed by atoms with E-state index in [9.17, 15) is 4.79 Å². The number of benzene rings is 2. The van der Waals surface area contributed by atoms with Gasteiger partial charge in [0, 0.05) is 47.5 Å². The molecule has 1 saturated heterocycles. The quantitative estimate of drug-likeness (QED) is 0.469. The van der Waals surface area contributed by atoms with E-state index < -0.39 is 0 Å². The highest BCUT2D eigenvalue weighted by atomic mass is 79.9. The van der Waals surface area contributed by atoms with Crippen molar-refractivity contribution in [3.05, 3.63) is 75.9 Å². The number of hydrogen-bond acceptors (Lipinski definition) is 4. The minimum absolute atomic E-state index is 0.0762. The standard InChI is InChI=1S/C26H29BrN4O/c1-18(2)23-19(3)28-24(20-10-5-4-6-11-20)29-25(23)30-14-9-15-31(17-16-30)26(32)21-12-7-8-13-22(21)27/h4-8,10-13,18H,9,14-17H2,1-3H3. The Morgan fingerprint density at radius 3 is 2.38 bits per heavy atom. The molecular weight excluding hydrogens is 464 g/mol. The van der Waals surface area contributed by atoms with Crippen LogP contribution < -0.4 is 4.90 Å². The average Bonchev–Trinajstić information content (AvgIpc) is 3.05. The molecule has 0 unspecified atom stereocenters. The number of carbonyl (C=O) groups excluding carboxylic acids is 1. The normalized spacial score (nSPS) is 14.5. The molecule has 0 atom stereocenters. The molecule has 4 rings (SSSR count). The van der Waals surface area contributed by atoms with Crippen LogP contribution in [0.3, 0.4) is 0 Å². The van der Waals surface area contributed by atoms with Crippen LogP contribution in [0, 0.1) is 6.92 Å². The molecule has 0 bridgehead atoms. The van der Waals surface area contributed by atoms with Gasteiger partial charge in [-0.05, 0) is 47.3 Å². The van der Waals surface area contributed by atoms with Crippen LogP contribution in [0.15, 0.2) is 59.1 Å². The number of hydrogen-bond donors (Lipinski definition) is 0. The van der Waals surface area contributed by atoms with E-state index >= 15 is 0 Å². The Morgan fingerprint density at radius 2 is 1.66 bits per heavy atom. The highest BCUT2D eigenvalue weighted by Gasteiger charge is 2.25. The average molecular weight is 493 g/mol. The molecule has 6 heteroatoms. The lowest BCUT2D eigenvalue weighted by Crippen LogP contribution is -2.36. The van der Waals surface area contributed by atoms with Gasteiger partial charge in [-0.15, -0.1) is 0 Å². The van der Waals surface area contributed by atoms with Gasteiger partial charge in [0.15, 0.2) is 5.82 Å². The summed E-state index contributed by atoms with van der Waals surface area (Å²) in [7, 11) is 0. The zero-order valence-electron chi connectivity index (χ0n) is 18.9. The van der Waals surface area contributed by atoms with Crippen LogP contribution in [0.25, 0.3) is 11.4 Å². The predicted molar refractivity (Wildman–Crippen MR) is 133 cm³/mol. The van der Waals surface area contributed by atoms with Gasteiger partial charge in [0.2, 0.25) is 0 Å². The predicted octanol–water partition coefficient (Wildman–Crippen LogP) is 5.69. The first-order valence-corrected chi connectivity index (χ1v) is 12.0. The van der Waals surface area contributed by atoms with E-state index in [1.807, 2.05) is 59.5 Å². The number of aromatic nitrogens is 2. The van der Waals surface area contributed by atoms with Crippen LogP contribution in [0.4, 0.5) is 5.82 Å². The second-order valence-electron chi connectivity index (χ2n) is 8.50. The molecule has 5 nitrogen and oxygen atoms in total. The molecule has 1 amide bonds. The monoisotopic (exact) mass is 492 g/mol. The Bertz CT molecular complexity index is 1100. The van der Waals surface area contributed by atoms with Crippen molar-refractivity contribution in [3.8, 4) is 11.4 Å². The molecule has 1 aliphatic heterocycles. The third-order valence-corrected chi connectivity index (χ3v) is 6.60. The first-order chi connectivity index (χ1) is 15.5. The first kappa shape index (κ1) is 22.5. The van der Waals surface area contributed by atoms with Crippen LogP contribution in [-0.2, 0) is 0 Å². The van der Waals surface area contributed by atoms with E-state index in [0.717, 1.165) is 53.4 Å². The molecule has 0 spiro atoms. The first-order valence-electron chi connectivity index (χ1n) is 11.2. The third kappa shape index (κ3) is 4.70. The van der Waals surface area contributed by atoms with Crippen molar-refractivity contribution in [1.29, 1.82) is 0 Å². The van der Waals surface area contributed by atoms with Gasteiger partial charge in [-0.2, -0.15) is 0 Å². The molecule has 1 aliphatic rings. The summed E-state index contributed by atoms with van der Waals surface area (Å²) in [4.78, 5) is 27.3. The van der Waals surface area contributed by atoms with Crippen LogP contribution in [0.2, 0.25) is 0 Å². The van der Waals surface area contributed by atoms with Gasteiger partial charge in [-0.1, -0.05) is 56.3 Å². The van der Waals surface area contributed by atoms with Gasteiger partial charge in [0.1, 0.15) is 5.82 Å². The maximum atomic E-state index is 13.1. The number of nitrogens with zero attached hydrogens (tertiary/aromatic N) is 4. The summed E-state index contributed by atoms with van der Waals surface area (Å²) in [5, 5.41) is 0. The van der Waals surface area contributed by atoms with Crippen molar-refractivity contribution in [2.24, 2.45) is 0 Å². The fraction of sp³-hybridized carbons (Fsp3) is 0.346. The maximum absolute atomic E-state index is 13.1. The van der Waals surface area contributed by atoms with Gasteiger partial charge in [0.05, 0.1) is 5.56 Å². The van der Waals surface area contributed by atoms with Gasteiger partial charge in [-0.25, -0.2) is 9.97 Å². The molecular formula is C26H29BrN4O. The molecule has 32 heavy (non-hydrogen) atoms. The van der Waals surface area contributed by atoms with E-state index in [2.05, 4.69) is 41.6 Å². The lowest BCUT2D eigenvalue weighted by molar-refractivity contribution is 0.0766. The van der Waals surface area contributed by atoms with E-state index in [-0.39, 0.29) is 5.91 Å². The Balaban J connectivity index is 1.63. The smallest absolute Gasteiger partial charge is 0.255 e. The van der Waals surface area contributed by atoms with Crippen LogP contribution >= 0.6 is 15.9 Å². The second-order valence-corrected chi connectivity index (χ2v) is 9.36. The van der Waals surface area contributed by atoms with Gasteiger partial charge < -0.3 is 9.80 Å². The number of rotatable bonds is 4. The summed E-state index contributed by atoms with van der Waals surface area (Å²) in [5.41, 5.74) is 3.95. The summed E-state index contributed by atoms with van der Waals surface area (Å²) >= 11 is 3.52. The van der Waals surface area contributed by atoms with E-state index in [1.165, 1.54) is 5.56 Å². The van der Waals surface area contributed by atoms with Crippen molar-refractivity contribution in [2.75, 3.05) is 31.1 Å². The van der Waals surface area contributed by atoms with Crippen molar-refractivity contribution >= 4 is 27.7 Å². The summed E-state index contributed by atoms with van der Waals surface area (Å²) in [6.07, 6.45) is 0.900. The van der Waals surface area contributed by atoms with Crippen LogP contribution in [0.5, 0.6) is 0 Å². The molecule has 1 aromatic heterocycles. The third-order valence-electron chi connectivity index (χ3n) is 5.91. The number of halogens is 1. The molecule has 0 radical (unpaired) electrons. The Kier molecular flexibility index (Phi) is 6.89. The lowest BCUT2D eigenvalue weighted by atomic mass is 10.0. The molecule has 3 aromatic rings. The summed E-state index contributed by atoms with van der Waals surface area (Å²) in [6, 6.07) is 17.8. The van der Waals surface area contributed by atoms with Crippen molar-refractivity contribution in [1.82, 2.24) is 14.9 Å². The molecule has 0 aliphatic carbocycles. The maximum Gasteiger partial charge on any atom is 0.255 e. The zero-order chi connectivity index (χ0) is 22.7. The number of anilines is 1. The molecule has 2 aromatic carbocycles. The van der Waals surface area contributed by atoms with Crippen molar-refractivity contribution < 1.29 is 4.79 Å². The number of carbonyl (C=O) groups is 1. The molecule has 1 fully saturated rings.